The molecule has 1 fully saturated rings. The number of amides is 1. The molecule has 2 unspecified atom stereocenters. The number of nitrogens with one attached hydrogen (secondary N) is 1. The lowest BCUT2D eigenvalue weighted by molar-refractivity contribution is 0.0267. The van der Waals surface area contributed by atoms with Crippen LogP contribution in [0.2, 0.25) is 0 Å². The van der Waals surface area contributed by atoms with E-state index < -0.39 is 0 Å². The van der Waals surface area contributed by atoms with E-state index >= 15 is 0 Å². The number of carbonyl (C=O) groups is 1. The van der Waals surface area contributed by atoms with Crippen LogP contribution >= 0.6 is 15.9 Å². The summed E-state index contributed by atoms with van der Waals surface area (Å²) in [5.41, 5.74) is 2.29. The van der Waals surface area contributed by atoms with Crippen molar-refractivity contribution in [3.63, 3.8) is 0 Å². The molecule has 2 aromatic carbocycles. The Balaban J connectivity index is 1.39. The van der Waals surface area contributed by atoms with Gasteiger partial charge >= 0.3 is 6.09 Å². The van der Waals surface area contributed by atoms with E-state index in [4.69, 9.17) is 9.47 Å². The first-order valence-corrected chi connectivity index (χ1v) is 9.83. The van der Waals surface area contributed by atoms with Crippen LogP contribution < -0.4 is 5.32 Å². The van der Waals surface area contributed by atoms with Gasteiger partial charge in [-0.05, 0) is 42.5 Å². The normalized spacial score (nSPS) is 19.3. The van der Waals surface area contributed by atoms with Gasteiger partial charge in [-0.2, -0.15) is 0 Å². The fraction of sp³-hybridized carbons (Fsp3) is 0.381. The maximum Gasteiger partial charge on any atom is 0.407 e. The first-order valence-electron chi connectivity index (χ1n) is 9.04. The highest BCUT2D eigenvalue weighted by Crippen LogP contribution is 2.23. The van der Waals surface area contributed by atoms with Crippen molar-refractivity contribution in [2.45, 2.75) is 44.4 Å². The van der Waals surface area contributed by atoms with Crippen LogP contribution in [0.5, 0.6) is 0 Å². The van der Waals surface area contributed by atoms with Gasteiger partial charge in [0.1, 0.15) is 0 Å². The molecule has 4 nitrogen and oxygen atoms in total. The van der Waals surface area contributed by atoms with Crippen LogP contribution in [0.3, 0.4) is 0 Å². The molecule has 0 radical (unpaired) electrons. The molecule has 1 aliphatic carbocycles. The van der Waals surface area contributed by atoms with Gasteiger partial charge in [0.25, 0.3) is 0 Å². The van der Waals surface area contributed by atoms with E-state index in [2.05, 4.69) is 21.2 Å². The number of alkyl carbamates (subject to hydrolysis) is 1. The minimum absolute atomic E-state index is 0.0268. The van der Waals surface area contributed by atoms with Crippen molar-refractivity contribution in [1.29, 1.82) is 0 Å². The molecule has 0 bridgehead atoms. The van der Waals surface area contributed by atoms with E-state index in [1.807, 2.05) is 54.6 Å². The van der Waals surface area contributed by atoms with Gasteiger partial charge in [0.05, 0.1) is 25.4 Å². The summed E-state index contributed by atoms with van der Waals surface area (Å²) < 4.78 is 12.4. The molecule has 0 spiro atoms. The Hall–Kier alpha value is -1.85. The summed E-state index contributed by atoms with van der Waals surface area (Å²) in [5, 5.41) is 2.97. The smallest absolute Gasteiger partial charge is 0.407 e. The predicted molar refractivity (Wildman–Crippen MR) is 105 cm³/mol. The Morgan fingerprint density at radius 1 is 1.04 bits per heavy atom. The maximum atomic E-state index is 12.1. The van der Waals surface area contributed by atoms with Crippen LogP contribution in [0.15, 0.2) is 59.1 Å². The number of hydrogen-bond donors (Lipinski definition) is 1. The Labute approximate surface area is 163 Å². The quantitative estimate of drug-likeness (QED) is 0.699. The molecule has 1 amide bonds. The first-order chi connectivity index (χ1) is 12.7. The molecule has 138 valence electrons. The number of rotatable bonds is 7. The summed E-state index contributed by atoms with van der Waals surface area (Å²) in [6.07, 6.45) is 3.36. The van der Waals surface area contributed by atoms with Crippen LogP contribution in [0, 0.1) is 0 Å². The number of halogens is 1. The first kappa shape index (κ1) is 18.9. The van der Waals surface area contributed by atoms with E-state index in [-0.39, 0.29) is 18.2 Å². The zero-order valence-corrected chi connectivity index (χ0v) is 16.3. The van der Waals surface area contributed by atoms with Gasteiger partial charge in [0.2, 0.25) is 0 Å². The van der Waals surface area contributed by atoms with Crippen molar-refractivity contribution in [3.05, 3.63) is 70.2 Å². The van der Waals surface area contributed by atoms with Crippen molar-refractivity contribution < 1.29 is 14.3 Å². The molecule has 0 heterocycles. The van der Waals surface area contributed by atoms with Crippen molar-refractivity contribution in [2.75, 3.05) is 6.61 Å². The lowest BCUT2D eigenvalue weighted by Crippen LogP contribution is -2.41. The molecular weight excluding hydrogens is 394 g/mol. The third-order valence-electron chi connectivity index (χ3n) is 4.60. The maximum absolute atomic E-state index is 12.1. The van der Waals surface area contributed by atoms with Gasteiger partial charge in [0, 0.05) is 10.9 Å². The summed E-state index contributed by atoms with van der Waals surface area (Å²) in [5.74, 6) is 0. The topological polar surface area (TPSA) is 47.6 Å². The molecule has 0 aliphatic heterocycles. The van der Waals surface area contributed by atoms with Gasteiger partial charge in [-0.1, -0.05) is 58.4 Å². The molecule has 26 heavy (non-hydrogen) atoms. The monoisotopic (exact) mass is 417 g/mol. The van der Waals surface area contributed by atoms with E-state index in [1.165, 1.54) is 0 Å². The minimum Gasteiger partial charge on any atom is -0.449 e. The van der Waals surface area contributed by atoms with Crippen molar-refractivity contribution >= 4 is 22.0 Å². The second-order valence-electron chi connectivity index (χ2n) is 6.53. The molecule has 1 N–H and O–H groups in total. The summed E-state index contributed by atoms with van der Waals surface area (Å²) in [6.45, 7) is 0.942. The zero-order chi connectivity index (χ0) is 18.2. The largest absolute Gasteiger partial charge is 0.449 e. The van der Waals surface area contributed by atoms with Crippen molar-refractivity contribution in [3.8, 4) is 0 Å². The number of ether oxygens (including phenoxy) is 2. The summed E-state index contributed by atoms with van der Waals surface area (Å²) >= 11 is 3.41. The van der Waals surface area contributed by atoms with E-state index in [1.54, 1.807) is 0 Å². The minimum atomic E-state index is -0.359. The third-order valence-corrected chi connectivity index (χ3v) is 5.13. The number of benzene rings is 2. The Morgan fingerprint density at radius 2 is 1.81 bits per heavy atom. The fourth-order valence-electron chi connectivity index (χ4n) is 3.17. The van der Waals surface area contributed by atoms with Crippen LogP contribution in [-0.2, 0) is 22.5 Å². The Kier molecular flexibility index (Phi) is 7.09. The molecule has 2 aromatic rings. The van der Waals surface area contributed by atoms with Crippen LogP contribution in [0.25, 0.3) is 0 Å². The Bertz CT molecular complexity index is 690. The zero-order valence-electron chi connectivity index (χ0n) is 14.7. The van der Waals surface area contributed by atoms with Gasteiger partial charge < -0.3 is 14.8 Å². The predicted octanol–water partition coefficient (Wildman–Crippen LogP) is 4.86. The second-order valence-corrected chi connectivity index (χ2v) is 7.44. The van der Waals surface area contributed by atoms with Gasteiger partial charge in [-0.25, -0.2) is 4.79 Å². The lowest BCUT2D eigenvalue weighted by Gasteiger charge is -2.21. The van der Waals surface area contributed by atoms with Gasteiger partial charge in [0.15, 0.2) is 0 Å². The molecular formula is C21H24BrNO3. The summed E-state index contributed by atoms with van der Waals surface area (Å²) in [7, 11) is 0. The van der Waals surface area contributed by atoms with E-state index in [9.17, 15) is 4.79 Å². The van der Waals surface area contributed by atoms with Gasteiger partial charge in [-0.3, -0.25) is 0 Å². The van der Waals surface area contributed by atoms with Crippen LogP contribution in [0.4, 0.5) is 4.79 Å². The highest BCUT2D eigenvalue weighted by atomic mass is 79.9. The van der Waals surface area contributed by atoms with Gasteiger partial charge in [-0.15, -0.1) is 0 Å². The highest BCUT2D eigenvalue weighted by molar-refractivity contribution is 9.10. The van der Waals surface area contributed by atoms with E-state index in [0.717, 1.165) is 34.9 Å². The van der Waals surface area contributed by atoms with E-state index in [0.29, 0.717) is 19.6 Å². The Morgan fingerprint density at radius 3 is 2.58 bits per heavy atom. The van der Waals surface area contributed by atoms with Crippen molar-refractivity contribution in [1.82, 2.24) is 5.32 Å². The van der Waals surface area contributed by atoms with Crippen LogP contribution in [-0.4, -0.2) is 24.8 Å². The fourth-order valence-corrected chi connectivity index (χ4v) is 3.44. The van der Waals surface area contributed by atoms with Crippen molar-refractivity contribution in [2.24, 2.45) is 0 Å². The third kappa shape index (κ3) is 5.85. The van der Waals surface area contributed by atoms with Crippen LogP contribution in [0.1, 0.15) is 30.4 Å². The molecule has 0 aromatic heterocycles. The standard InChI is InChI=1S/C21H24BrNO3/c22-18-11-9-16(10-12-18)13-14-25-21(24)23-19-7-4-8-20(19)26-15-17-5-2-1-3-6-17/h1-3,5-6,9-12,19-20H,4,7-8,13-15H2,(H,23,24). The molecule has 1 saturated carbocycles. The number of hydrogen-bond acceptors (Lipinski definition) is 3. The number of carbonyl (C=O) groups excluding carboxylic acids is 1. The molecule has 1 aliphatic rings. The molecule has 5 heteroatoms. The average Bonchev–Trinajstić information content (AvgIpc) is 3.09. The average molecular weight is 418 g/mol. The second kappa shape index (κ2) is 9.74. The summed E-state index contributed by atoms with van der Waals surface area (Å²) in [6, 6.07) is 18.2. The molecule has 3 rings (SSSR count). The summed E-state index contributed by atoms with van der Waals surface area (Å²) in [4.78, 5) is 12.1. The SMILES string of the molecule is O=C(NC1CCCC1OCc1ccccc1)OCCc1ccc(Br)cc1. The molecule has 2 atom stereocenters. The lowest BCUT2D eigenvalue weighted by atomic mass is 10.2. The molecule has 0 saturated heterocycles. The highest BCUT2D eigenvalue weighted by Gasteiger charge is 2.29.